The van der Waals surface area contributed by atoms with Gasteiger partial charge >= 0.3 is 0 Å². The molecule has 118 valence electrons. The summed E-state index contributed by atoms with van der Waals surface area (Å²) in [6.07, 6.45) is 1.90. The fourth-order valence-electron chi connectivity index (χ4n) is 2.62. The van der Waals surface area contributed by atoms with Crippen LogP contribution in [0.2, 0.25) is 0 Å². The molecule has 1 fully saturated rings. The summed E-state index contributed by atoms with van der Waals surface area (Å²) >= 11 is 0. The molecule has 5 heteroatoms. The summed E-state index contributed by atoms with van der Waals surface area (Å²) in [6.45, 7) is 11.1. The Morgan fingerprint density at radius 3 is 2.57 bits per heavy atom. The second-order valence-electron chi connectivity index (χ2n) is 6.00. The van der Waals surface area contributed by atoms with E-state index in [0.29, 0.717) is 0 Å². The molecule has 0 unspecified atom stereocenters. The van der Waals surface area contributed by atoms with Crippen LogP contribution < -0.4 is 5.32 Å². The van der Waals surface area contributed by atoms with Gasteiger partial charge in [-0.15, -0.1) is 0 Å². The molecule has 0 saturated carbocycles. The van der Waals surface area contributed by atoms with Crippen LogP contribution in [0.15, 0.2) is 18.3 Å². The zero-order chi connectivity index (χ0) is 15.1. The quantitative estimate of drug-likeness (QED) is 0.816. The molecule has 0 amide bonds. The number of nitrogens with one attached hydrogen (secondary N) is 1. The van der Waals surface area contributed by atoms with E-state index < -0.39 is 0 Å². The normalized spacial score (nSPS) is 17.3. The molecule has 1 aromatic rings. The molecule has 1 aliphatic heterocycles. The largest absolute Gasteiger partial charge is 0.370 e. The monoisotopic (exact) mass is 291 g/mol. The van der Waals surface area contributed by atoms with Crippen molar-refractivity contribution in [1.82, 2.24) is 19.7 Å². The van der Waals surface area contributed by atoms with Gasteiger partial charge < -0.3 is 10.2 Å². The zero-order valence-corrected chi connectivity index (χ0v) is 13.7. The summed E-state index contributed by atoms with van der Waals surface area (Å²) in [4.78, 5) is 11.7. The van der Waals surface area contributed by atoms with E-state index in [9.17, 15) is 0 Å². The van der Waals surface area contributed by atoms with Crippen LogP contribution in [0.1, 0.15) is 12.5 Å². The lowest BCUT2D eigenvalue weighted by molar-refractivity contribution is 0.120. The van der Waals surface area contributed by atoms with Gasteiger partial charge in [-0.2, -0.15) is 0 Å². The highest BCUT2D eigenvalue weighted by atomic mass is 15.3. The lowest BCUT2D eigenvalue weighted by Gasteiger charge is -2.35. The van der Waals surface area contributed by atoms with Crippen molar-refractivity contribution in [2.45, 2.75) is 13.5 Å². The van der Waals surface area contributed by atoms with Crippen LogP contribution in [0.3, 0.4) is 0 Å². The molecular formula is C16H29N5. The average molecular weight is 291 g/mol. The highest BCUT2D eigenvalue weighted by molar-refractivity contribution is 5.37. The Balaban J connectivity index is 1.76. The number of piperazine rings is 1. The van der Waals surface area contributed by atoms with Crippen molar-refractivity contribution in [3.8, 4) is 0 Å². The minimum absolute atomic E-state index is 0.918. The molecule has 21 heavy (non-hydrogen) atoms. The van der Waals surface area contributed by atoms with Crippen molar-refractivity contribution in [3.05, 3.63) is 23.9 Å². The molecule has 1 aliphatic rings. The van der Waals surface area contributed by atoms with Crippen LogP contribution >= 0.6 is 0 Å². The van der Waals surface area contributed by atoms with Crippen molar-refractivity contribution >= 4 is 5.82 Å². The maximum absolute atomic E-state index is 4.33. The Labute approximate surface area is 128 Å². The van der Waals surface area contributed by atoms with Gasteiger partial charge in [0.1, 0.15) is 5.82 Å². The first-order chi connectivity index (χ1) is 10.2. The number of anilines is 1. The smallest absolute Gasteiger partial charge is 0.126 e. The molecule has 2 heterocycles. The lowest BCUT2D eigenvalue weighted by Crippen LogP contribution is -2.47. The van der Waals surface area contributed by atoms with E-state index in [2.05, 4.69) is 58.2 Å². The fourth-order valence-corrected chi connectivity index (χ4v) is 2.62. The van der Waals surface area contributed by atoms with Crippen LogP contribution in [0.4, 0.5) is 5.82 Å². The van der Waals surface area contributed by atoms with E-state index >= 15 is 0 Å². The summed E-state index contributed by atoms with van der Waals surface area (Å²) in [7, 11) is 4.28. The van der Waals surface area contributed by atoms with Gasteiger partial charge in [-0.1, -0.05) is 0 Å². The molecule has 0 radical (unpaired) electrons. The second kappa shape index (κ2) is 8.32. The highest BCUT2D eigenvalue weighted by Crippen LogP contribution is 2.11. The Kier molecular flexibility index (Phi) is 6.42. The summed E-state index contributed by atoms with van der Waals surface area (Å²) in [5, 5.41) is 3.28. The molecule has 1 aromatic heterocycles. The van der Waals surface area contributed by atoms with Crippen molar-refractivity contribution in [1.29, 1.82) is 0 Å². The Hall–Kier alpha value is -1.17. The standard InChI is InChI=1S/C16H29N5/c1-4-17-16-13-15(5-6-18-16)14-21-11-9-20(10-12-21)8-7-19(2)3/h5-6,13H,4,7-12,14H2,1-3H3,(H,17,18). The molecule has 0 atom stereocenters. The maximum atomic E-state index is 4.33. The first kappa shape index (κ1) is 16.2. The number of nitrogens with zero attached hydrogens (tertiary/aromatic N) is 4. The summed E-state index contributed by atoms with van der Waals surface area (Å²) in [5.74, 6) is 0.986. The van der Waals surface area contributed by atoms with E-state index in [4.69, 9.17) is 0 Å². The minimum Gasteiger partial charge on any atom is -0.370 e. The first-order valence-corrected chi connectivity index (χ1v) is 7.95. The third-order valence-corrected chi connectivity index (χ3v) is 3.92. The number of rotatable bonds is 7. The van der Waals surface area contributed by atoms with E-state index in [1.165, 1.54) is 25.2 Å². The molecule has 1 saturated heterocycles. The number of hydrogen-bond acceptors (Lipinski definition) is 5. The maximum Gasteiger partial charge on any atom is 0.126 e. The molecule has 0 bridgehead atoms. The van der Waals surface area contributed by atoms with E-state index in [0.717, 1.165) is 38.5 Å². The van der Waals surface area contributed by atoms with Crippen molar-refractivity contribution < 1.29 is 0 Å². The molecule has 1 N–H and O–H groups in total. The van der Waals surface area contributed by atoms with Crippen LogP contribution in [0.25, 0.3) is 0 Å². The summed E-state index contributed by atoms with van der Waals surface area (Å²) in [6, 6.07) is 4.29. The number of pyridine rings is 1. The molecule has 2 rings (SSSR count). The third kappa shape index (κ3) is 5.61. The Bertz CT molecular complexity index is 413. The Morgan fingerprint density at radius 1 is 1.19 bits per heavy atom. The van der Waals surface area contributed by atoms with Gasteiger partial charge in [0.2, 0.25) is 0 Å². The predicted molar refractivity (Wildman–Crippen MR) is 88.7 cm³/mol. The fraction of sp³-hybridized carbons (Fsp3) is 0.688. The average Bonchev–Trinajstić information content (AvgIpc) is 2.47. The first-order valence-electron chi connectivity index (χ1n) is 7.95. The number of likely N-dealkylation sites (N-methyl/N-ethyl adjacent to an activating group) is 1. The molecule has 0 aromatic carbocycles. The molecule has 5 nitrogen and oxygen atoms in total. The summed E-state index contributed by atoms with van der Waals surface area (Å²) in [5.41, 5.74) is 1.35. The summed E-state index contributed by atoms with van der Waals surface area (Å²) < 4.78 is 0. The van der Waals surface area contributed by atoms with Gasteiger partial charge in [-0.25, -0.2) is 4.98 Å². The van der Waals surface area contributed by atoms with Gasteiger partial charge in [0.25, 0.3) is 0 Å². The molecular weight excluding hydrogens is 262 g/mol. The zero-order valence-electron chi connectivity index (χ0n) is 13.7. The third-order valence-electron chi connectivity index (χ3n) is 3.92. The van der Waals surface area contributed by atoms with Crippen LogP contribution in [-0.4, -0.2) is 79.6 Å². The van der Waals surface area contributed by atoms with Gasteiger partial charge in [-0.3, -0.25) is 9.80 Å². The SMILES string of the molecule is CCNc1cc(CN2CCN(CCN(C)C)CC2)ccn1. The van der Waals surface area contributed by atoms with Crippen molar-refractivity contribution in [3.63, 3.8) is 0 Å². The molecule has 0 spiro atoms. The lowest BCUT2D eigenvalue weighted by atomic mass is 10.2. The van der Waals surface area contributed by atoms with Crippen LogP contribution in [0, 0.1) is 0 Å². The minimum atomic E-state index is 0.918. The van der Waals surface area contributed by atoms with Crippen molar-refractivity contribution in [2.75, 3.05) is 65.2 Å². The van der Waals surface area contributed by atoms with Gasteiger partial charge in [-0.05, 0) is 38.7 Å². The van der Waals surface area contributed by atoms with Crippen LogP contribution in [0.5, 0.6) is 0 Å². The van der Waals surface area contributed by atoms with E-state index in [1.54, 1.807) is 0 Å². The molecule has 0 aliphatic carbocycles. The predicted octanol–water partition coefficient (Wildman–Crippen LogP) is 1.19. The van der Waals surface area contributed by atoms with Crippen molar-refractivity contribution in [2.24, 2.45) is 0 Å². The number of aromatic nitrogens is 1. The van der Waals surface area contributed by atoms with Gasteiger partial charge in [0.15, 0.2) is 0 Å². The topological polar surface area (TPSA) is 34.6 Å². The highest BCUT2D eigenvalue weighted by Gasteiger charge is 2.16. The van der Waals surface area contributed by atoms with E-state index in [-0.39, 0.29) is 0 Å². The van der Waals surface area contributed by atoms with E-state index in [1.807, 2.05) is 6.20 Å². The van der Waals surface area contributed by atoms with Crippen LogP contribution in [-0.2, 0) is 6.54 Å². The Morgan fingerprint density at radius 2 is 1.90 bits per heavy atom. The second-order valence-corrected chi connectivity index (χ2v) is 6.00. The van der Waals surface area contributed by atoms with Gasteiger partial charge in [0, 0.05) is 58.6 Å². The van der Waals surface area contributed by atoms with Gasteiger partial charge in [0.05, 0.1) is 0 Å². The number of hydrogen-bond donors (Lipinski definition) is 1.